The summed E-state index contributed by atoms with van der Waals surface area (Å²) >= 11 is 0. The zero-order valence-corrected chi connectivity index (χ0v) is 6.75. The third-order valence-corrected chi connectivity index (χ3v) is 2.28. The van der Waals surface area contributed by atoms with E-state index in [9.17, 15) is 0 Å². The normalized spacial score (nSPS) is 24.3. The summed E-state index contributed by atoms with van der Waals surface area (Å²) in [7, 11) is 2.06. The highest BCUT2D eigenvalue weighted by Crippen LogP contribution is 2.19. The van der Waals surface area contributed by atoms with Crippen molar-refractivity contribution in [3.05, 3.63) is 18.2 Å². The molecule has 1 atom stereocenters. The van der Waals surface area contributed by atoms with Crippen LogP contribution in [0, 0.1) is 0 Å². The van der Waals surface area contributed by atoms with E-state index >= 15 is 0 Å². The third-order valence-electron chi connectivity index (χ3n) is 2.28. The Morgan fingerprint density at radius 3 is 3.18 bits per heavy atom. The van der Waals surface area contributed by atoms with Gasteiger partial charge in [-0.1, -0.05) is 0 Å². The van der Waals surface area contributed by atoms with Crippen LogP contribution in [-0.2, 0) is 7.05 Å². The molecule has 3 nitrogen and oxygen atoms in total. The summed E-state index contributed by atoms with van der Waals surface area (Å²) in [6, 6.07) is 0. The molecule has 1 N–H and O–H groups in total. The first-order valence-electron chi connectivity index (χ1n) is 4.06. The topological polar surface area (TPSA) is 29.9 Å². The van der Waals surface area contributed by atoms with Gasteiger partial charge in [0.25, 0.3) is 0 Å². The second-order valence-electron chi connectivity index (χ2n) is 3.09. The lowest BCUT2D eigenvalue weighted by molar-refractivity contribution is 0.660. The molecular formula is C8H13N3. The number of imidazole rings is 1. The lowest BCUT2D eigenvalue weighted by Crippen LogP contribution is -2.10. The Hall–Kier alpha value is -0.830. The van der Waals surface area contributed by atoms with Crippen molar-refractivity contribution >= 4 is 0 Å². The molecular weight excluding hydrogens is 138 g/mol. The van der Waals surface area contributed by atoms with Crippen molar-refractivity contribution in [2.75, 3.05) is 13.1 Å². The van der Waals surface area contributed by atoms with Crippen molar-refractivity contribution in [3.8, 4) is 0 Å². The Kier molecular flexibility index (Phi) is 1.66. The molecule has 2 heterocycles. The molecule has 1 saturated heterocycles. The Morgan fingerprint density at radius 2 is 2.64 bits per heavy atom. The number of rotatable bonds is 1. The minimum atomic E-state index is 0.634. The van der Waals surface area contributed by atoms with Crippen LogP contribution in [0.2, 0.25) is 0 Å². The number of aryl methyl sites for hydroxylation is 1. The van der Waals surface area contributed by atoms with Crippen LogP contribution in [0.25, 0.3) is 0 Å². The minimum absolute atomic E-state index is 0.634. The first kappa shape index (κ1) is 6.85. The van der Waals surface area contributed by atoms with Gasteiger partial charge in [0.15, 0.2) is 0 Å². The number of hydrogen-bond donors (Lipinski definition) is 1. The first-order valence-corrected chi connectivity index (χ1v) is 4.06. The third kappa shape index (κ3) is 1.16. The van der Waals surface area contributed by atoms with Crippen LogP contribution < -0.4 is 5.32 Å². The van der Waals surface area contributed by atoms with Crippen LogP contribution in [-0.4, -0.2) is 22.6 Å². The molecule has 1 fully saturated rings. The molecule has 2 rings (SSSR count). The van der Waals surface area contributed by atoms with E-state index in [1.54, 1.807) is 0 Å². The van der Waals surface area contributed by atoms with E-state index in [1.807, 2.05) is 12.4 Å². The van der Waals surface area contributed by atoms with Crippen molar-refractivity contribution in [2.45, 2.75) is 12.3 Å². The van der Waals surface area contributed by atoms with Gasteiger partial charge in [-0.2, -0.15) is 0 Å². The summed E-state index contributed by atoms with van der Waals surface area (Å²) in [4.78, 5) is 4.32. The molecule has 1 aliphatic rings. The SMILES string of the molecule is Cn1ccnc1[C@H]1CCNC1. The van der Waals surface area contributed by atoms with Crippen LogP contribution in [0.4, 0.5) is 0 Å². The summed E-state index contributed by atoms with van der Waals surface area (Å²) in [5, 5.41) is 3.33. The van der Waals surface area contributed by atoms with Crippen molar-refractivity contribution in [3.63, 3.8) is 0 Å². The molecule has 0 spiro atoms. The standard InChI is InChI=1S/C8H13N3/c1-11-5-4-10-8(11)7-2-3-9-6-7/h4-5,7,9H,2-3,6H2,1H3/t7-/m0/s1. The molecule has 0 aromatic carbocycles. The fourth-order valence-electron chi connectivity index (χ4n) is 1.65. The van der Waals surface area contributed by atoms with Crippen molar-refractivity contribution in [2.24, 2.45) is 7.05 Å². The molecule has 3 heteroatoms. The predicted molar refractivity (Wildman–Crippen MR) is 43.4 cm³/mol. The minimum Gasteiger partial charge on any atom is -0.338 e. The van der Waals surface area contributed by atoms with Crippen LogP contribution in [0.3, 0.4) is 0 Å². The molecule has 1 aromatic rings. The molecule has 0 saturated carbocycles. The van der Waals surface area contributed by atoms with Gasteiger partial charge in [0, 0.05) is 31.9 Å². The lowest BCUT2D eigenvalue weighted by atomic mass is 10.1. The lowest BCUT2D eigenvalue weighted by Gasteiger charge is -2.06. The molecule has 0 aliphatic carbocycles. The van der Waals surface area contributed by atoms with Gasteiger partial charge in [-0.25, -0.2) is 4.98 Å². The maximum Gasteiger partial charge on any atom is 0.112 e. The van der Waals surface area contributed by atoms with Crippen molar-refractivity contribution in [1.29, 1.82) is 0 Å². The van der Waals surface area contributed by atoms with Gasteiger partial charge in [0.05, 0.1) is 0 Å². The zero-order chi connectivity index (χ0) is 7.68. The highest BCUT2D eigenvalue weighted by Gasteiger charge is 2.19. The van der Waals surface area contributed by atoms with E-state index in [2.05, 4.69) is 21.9 Å². The Labute approximate surface area is 66.4 Å². The Balaban J connectivity index is 2.21. The van der Waals surface area contributed by atoms with E-state index in [-0.39, 0.29) is 0 Å². The summed E-state index contributed by atoms with van der Waals surface area (Å²) < 4.78 is 2.11. The maximum absolute atomic E-state index is 4.32. The second kappa shape index (κ2) is 2.66. The van der Waals surface area contributed by atoms with Gasteiger partial charge >= 0.3 is 0 Å². The molecule has 0 amide bonds. The molecule has 60 valence electrons. The van der Waals surface area contributed by atoms with Crippen molar-refractivity contribution < 1.29 is 0 Å². The van der Waals surface area contributed by atoms with E-state index < -0.39 is 0 Å². The molecule has 0 unspecified atom stereocenters. The quantitative estimate of drug-likeness (QED) is 0.633. The summed E-state index contributed by atoms with van der Waals surface area (Å²) in [6.45, 7) is 2.22. The van der Waals surface area contributed by atoms with Gasteiger partial charge < -0.3 is 9.88 Å². The second-order valence-corrected chi connectivity index (χ2v) is 3.09. The Bertz CT molecular complexity index is 235. The van der Waals surface area contributed by atoms with Crippen LogP contribution in [0.1, 0.15) is 18.2 Å². The van der Waals surface area contributed by atoms with Crippen LogP contribution >= 0.6 is 0 Å². The number of nitrogens with zero attached hydrogens (tertiary/aromatic N) is 2. The summed E-state index contributed by atoms with van der Waals surface area (Å²) in [5.41, 5.74) is 0. The predicted octanol–water partition coefficient (Wildman–Crippen LogP) is 0.497. The molecule has 1 aromatic heterocycles. The van der Waals surface area contributed by atoms with E-state index in [1.165, 1.54) is 12.2 Å². The summed E-state index contributed by atoms with van der Waals surface area (Å²) in [5.74, 6) is 1.85. The fraction of sp³-hybridized carbons (Fsp3) is 0.625. The Morgan fingerprint density at radius 1 is 1.73 bits per heavy atom. The van der Waals surface area contributed by atoms with E-state index in [0.717, 1.165) is 13.1 Å². The monoisotopic (exact) mass is 151 g/mol. The molecule has 0 radical (unpaired) electrons. The van der Waals surface area contributed by atoms with Crippen LogP contribution in [0.15, 0.2) is 12.4 Å². The van der Waals surface area contributed by atoms with Gasteiger partial charge in [-0.15, -0.1) is 0 Å². The average molecular weight is 151 g/mol. The average Bonchev–Trinajstić information content (AvgIpc) is 2.55. The highest BCUT2D eigenvalue weighted by atomic mass is 15.1. The van der Waals surface area contributed by atoms with Crippen LogP contribution in [0.5, 0.6) is 0 Å². The molecule has 0 bridgehead atoms. The largest absolute Gasteiger partial charge is 0.338 e. The zero-order valence-electron chi connectivity index (χ0n) is 6.75. The fourth-order valence-corrected chi connectivity index (χ4v) is 1.65. The number of nitrogens with one attached hydrogen (secondary N) is 1. The van der Waals surface area contributed by atoms with Gasteiger partial charge in [-0.3, -0.25) is 0 Å². The number of aromatic nitrogens is 2. The van der Waals surface area contributed by atoms with E-state index in [4.69, 9.17) is 0 Å². The van der Waals surface area contributed by atoms with Gasteiger partial charge in [0.2, 0.25) is 0 Å². The molecule has 1 aliphatic heterocycles. The summed E-state index contributed by atoms with van der Waals surface area (Å²) in [6.07, 6.45) is 5.10. The molecule has 11 heavy (non-hydrogen) atoms. The number of hydrogen-bond acceptors (Lipinski definition) is 2. The maximum atomic E-state index is 4.32. The van der Waals surface area contributed by atoms with Gasteiger partial charge in [-0.05, 0) is 13.0 Å². The smallest absolute Gasteiger partial charge is 0.112 e. The first-order chi connectivity index (χ1) is 5.38. The van der Waals surface area contributed by atoms with Gasteiger partial charge in [0.1, 0.15) is 5.82 Å². The highest BCUT2D eigenvalue weighted by molar-refractivity contribution is 5.02. The van der Waals surface area contributed by atoms with E-state index in [0.29, 0.717) is 5.92 Å². The van der Waals surface area contributed by atoms with Crippen molar-refractivity contribution in [1.82, 2.24) is 14.9 Å².